The number of hydrogen-bond acceptors (Lipinski definition) is 8. The summed E-state index contributed by atoms with van der Waals surface area (Å²) in [6, 6.07) is 14.3. The molecule has 1 heterocycles. The molecule has 30 heavy (non-hydrogen) atoms. The summed E-state index contributed by atoms with van der Waals surface area (Å²) in [6.07, 6.45) is 0.483. The summed E-state index contributed by atoms with van der Waals surface area (Å²) in [4.78, 5) is 24.3. The molecule has 1 N–H and O–H groups in total. The lowest BCUT2D eigenvalue weighted by Crippen LogP contribution is -2.17. The van der Waals surface area contributed by atoms with Crippen LogP contribution in [0.3, 0.4) is 0 Å². The molecular formula is C21H21N3O5S. The molecule has 2 aromatic carbocycles. The molecule has 0 aliphatic carbocycles. The van der Waals surface area contributed by atoms with Crippen molar-refractivity contribution >= 4 is 29.3 Å². The number of ether oxygens (including phenoxy) is 2. The van der Waals surface area contributed by atoms with Crippen LogP contribution in [-0.2, 0) is 16.0 Å². The van der Waals surface area contributed by atoms with Crippen LogP contribution in [0.15, 0.2) is 58.2 Å². The minimum Gasteiger partial charge on any atom is -0.497 e. The van der Waals surface area contributed by atoms with E-state index in [4.69, 9.17) is 13.9 Å². The zero-order chi connectivity index (χ0) is 21.3. The predicted molar refractivity (Wildman–Crippen MR) is 112 cm³/mol. The van der Waals surface area contributed by atoms with Crippen LogP contribution in [-0.4, -0.2) is 41.5 Å². The Morgan fingerprint density at radius 1 is 1.10 bits per heavy atom. The van der Waals surface area contributed by atoms with Crippen LogP contribution in [0.4, 0.5) is 5.69 Å². The van der Waals surface area contributed by atoms with Crippen molar-refractivity contribution < 1.29 is 23.5 Å². The maximum atomic E-state index is 12.3. The first-order valence-corrected chi connectivity index (χ1v) is 10.2. The molecular weight excluding hydrogens is 406 g/mol. The highest BCUT2D eigenvalue weighted by molar-refractivity contribution is 7.99. The second kappa shape index (κ2) is 10.4. The summed E-state index contributed by atoms with van der Waals surface area (Å²) in [5.41, 5.74) is 1.70. The molecule has 1 amide bonds. The van der Waals surface area contributed by atoms with Crippen molar-refractivity contribution in [3.8, 4) is 5.75 Å². The molecule has 0 aliphatic heterocycles. The number of methoxy groups -OCH3 is 1. The van der Waals surface area contributed by atoms with Gasteiger partial charge in [-0.05, 0) is 36.8 Å². The smallest absolute Gasteiger partial charge is 0.340 e. The quantitative estimate of drug-likeness (QED) is 0.408. The molecule has 0 fully saturated rings. The molecule has 0 bridgehead atoms. The third kappa shape index (κ3) is 5.84. The maximum Gasteiger partial charge on any atom is 0.340 e. The molecule has 3 aromatic rings. The SMILES string of the molecule is CCOC(=O)c1ccccc1NC(=O)CSc1nnc(Cc2ccc(OC)cc2)o1. The van der Waals surface area contributed by atoms with Crippen LogP contribution in [0, 0.1) is 0 Å². The molecule has 0 radical (unpaired) electrons. The van der Waals surface area contributed by atoms with Crippen molar-refractivity contribution in [1.29, 1.82) is 0 Å². The number of thioether (sulfide) groups is 1. The van der Waals surface area contributed by atoms with E-state index in [1.165, 1.54) is 0 Å². The van der Waals surface area contributed by atoms with Gasteiger partial charge in [0, 0.05) is 0 Å². The van der Waals surface area contributed by atoms with Gasteiger partial charge < -0.3 is 19.2 Å². The van der Waals surface area contributed by atoms with E-state index < -0.39 is 5.97 Å². The molecule has 3 rings (SSSR count). The summed E-state index contributed by atoms with van der Waals surface area (Å²) in [7, 11) is 1.61. The molecule has 0 saturated heterocycles. The van der Waals surface area contributed by atoms with Gasteiger partial charge in [0.15, 0.2) is 0 Å². The van der Waals surface area contributed by atoms with Gasteiger partial charge in [-0.15, -0.1) is 10.2 Å². The molecule has 0 saturated carbocycles. The van der Waals surface area contributed by atoms with E-state index in [9.17, 15) is 9.59 Å². The average molecular weight is 427 g/mol. The summed E-state index contributed by atoms with van der Waals surface area (Å²) in [5.74, 6) is 0.501. The largest absolute Gasteiger partial charge is 0.497 e. The van der Waals surface area contributed by atoms with Gasteiger partial charge in [-0.1, -0.05) is 36.0 Å². The first-order chi connectivity index (χ1) is 14.6. The number of aromatic nitrogens is 2. The van der Waals surface area contributed by atoms with Gasteiger partial charge in [0.1, 0.15) is 5.75 Å². The number of benzene rings is 2. The Kier molecular flexibility index (Phi) is 7.45. The Balaban J connectivity index is 1.54. The Hall–Kier alpha value is -3.33. The van der Waals surface area contributed by atoms with Gasteiger partial charge >= 0.3 is 5.97 Å². The predicted octanol–water partition coefficient (Wildman–Crippen LogP) is 3.58. The van der Waals surface area contributed by atoms with Crippen molar-refractivity contribution in [3.05, 3.63) is 65.5 Å². The van der Waals surface area contributed by atoms with E-state index in [0.29, 0.717) is 28.8 Å². The highest BCUT2D eigenvalue weighted by atomic mass is 32.2. The minimum atomic E-state index is -0.485. The highest BCUT2D eigenvalue weighted by Gasteiger charge is 2.15. The van der Waals surface area contributed by atoms with E-state index in [0.717, 1.165) is 23.1 Å². The van der Waals surface area contributed by atoms with Crippen molar-refractivity contribution in [2.45, 2.75) is 18.6 Å². The van der Waals surface area contributed by atoms with Crippen LogP contribution < -0.4 is 10.1 Å². The van der Waals surface area contributed by atoms with Crippen LogP contribution in [0.25, 0.3) is 0 Å². The van der Waals surface area contributed by atoms with Gasteiger partial charge in [0.2, 0.25) is 11.8 Å². The van der Waals surface area contributed by atoms with Crippen molar-refractivity contribution in [1.82, 2.24) is 10.2 Å². The molecule has 156 valence electrons. The number of anilines is 1. The van der Waals surface area contributed by atoms with Gasteiger partial charge in [0.05, 0.1) is 37.1 Å². The van der Waals surface area contributed by atoms with Crippen LogP contribution in [0.5, 0.6) is 5.75 Å². The van der Waals surface area contributed by atoms with E-state index >= 15 is 0 Å². The van der Waals surface area contributed by atoms with Crippen molar-refractivity contribution in [2.75, 3.05) is 24.8 Å². The first kappa shape index (κ1) is 21.4. The number of nitrogens with one attached hydrogen (secondary N) is 1. The number of carbonyl (C=O) groups excluding carboxylic acids is 2. The fourth-order valence-corrected chi connectivity index (χ4v) is 3.16. The number of hydrogen-bond donors (Lipinski definition) is 1. The van der Waals surface area contributed by atoms with Crippen LogP contribution >= 0.6 is 11.8 Å². The first-order valence-electron chi connectivity index (χ1n) is 9.23. The Morgan fingerprint density at radius 3 is 2.60 bits per heavy atom. The zero-order valence-corrected chi connectivity index (χ0v) is 17.4. The fraction of sp³-hybridized carbons (Fsp3) is 0.238. The van der Waals surface area contributed by atoms with Gasteiger partial charge in [-0.25, -0.2) is 4.79 Å². The number of esters is 1. The van der Waals surface area contributed by atoms with Crippen LogP contribution in [0.1, 0.15) is 28.7 Å². The van der Waals surface area contributed by atoms with E-state index in [1.54, 1.807) is 38.3 Å². The maximum absolute atomic E-state index is 12.3. The lowest BCUT2D eigenvalue weighted by Gasteiger charge is -2.09. The van der Waals surface area contributed by atoms with Crippen LogP contribution in [0.2, 0.25) is 0 Å². The average Bonchev–Trinajstić information content (AvgIpc) is 3.20. The minimum absolute atomic E-state index is 0.0569. The molecule has 0 aliphatic rings. The second-order valence-corrected chi connectivity index (χ2v) is 7.02. The Morgan fingerprint density at radius 2 is 1.87 bits per heavy atom. The zero-order valence-electron chi connectivity index (χ0n) is 16.6. The lowest BCUT2D eigenvalue weighted by molar-refractivity contribution is -0.113. The Bertz CT molecular complexity index is 1000. The normalized spacial score (nSPS) is 10.5. The monoisotopic (exact) mass is 427 g/mol. The summed E-state index contributed by atoms with van der Waals surface area (Å²) >= 11 is 1.12. The number of carbonyl (C=O) groups is 2. The molecule has 8 nitrogen and oxygen atoms in total. The summed E-state index contributed by atoms with van der Waals surface area (Å²) in [6.45, 7) is 1.98. The highest BCUT2D eigenvalue weighted by Crippen LogP contribution is 2.21. The van der Waals surface area contributed by atoms with Gasteiger partial charge in [-0.3, -0.25) is 4.79 Å². The third-order valence-corrected chi connectivity index (χ3v) is 4.80. The number of para-hydroxylation sites is 1. The van der Waals surface area contributed by atoms with Gasteiger partial charge in [0.25, 0.3) is 5.22 Å². The van der Waals surface area contributed by atoms with E-state index in [1.807, 2.05) is 24.3 Å². The molecule has 0 atom stereocenters. The van der Waals surface area contributed by atoms with Gasteiger partial charge in [-0.2, -0.15) is 0 Å². The Labute approximate surface area is 178 Å². The van der Waals surface area contributed by atoms with Crippen molar-refractivity contribution in [3.63, 3.8) is 0 Å². The van der Waals surface area contributed by atoms with E-state index in [2.05, 4.69) is 15.5 Å². The standard InChI is InChI=1S/C21H21N3O5S/c1-3-28-20(26)16-6-4-5-7-17(16)22-18(25)13-30-21-24-23-19(29-21)12-14-8-10-15(27-2)11-9-14/h4-11H,3,12-13H2,1-2H3,(H,22,25). The molecule has 0 spiro atoms. The lowest BCUT2D eigenvalue weighted by atomic mass is 10.1. The number of rotatable bonds is 9. The topological polar surface area (TPSA) is 104 Å². The number of amides is 1. The summed E-state index contributed by atoms with van der Waals surface area (Å²) in [5, 5.41) is 11.0. The fourth-order valence-electron chi connectivity index (χ4n) is 2.58. The number of nitrogens with zero attached hydrogens (tertiary/aromatic N) is 2. The molecule has 0 unspecified atom stereocenters. The summed E-state index contributed by atoms with van der Waals surface area (Å²) < 4.78 is 15.7. The molecule has 9 heteroatoms. The molecule has 1 aromatic heterocycles. The third-order valence-electron chi connectivity index (χ3n) is 3.99. The second-order valence-electron chi connectivity index (χ2n) is 6.09. The van der Waals surface area contributed by atoms with E-state index in [-0.39, 0.29) is 18.3 Å². The van der Waals surface area contributed by atoms with Crippen molar-refractivity contribution in [2.24, 2.45) is 0 Å².